The third-order valence-corrected chi connectivity index (χ3v) is 3.34. The Morgan fingerprint density at radius 2 is 1.52 bits per heavy atom. The quantitative estimate of drug-likeness (QED) is 0.727. The normalized spacial score (nSPS) is 10.6. The second-order valence-electron chi connectivity index (χ2n) is 3.92. The number of nitrogens with one attached hydrogen (secondary N) is 1. The van der Waals surface area contributed by atoms with Gasteiger partial charge in [-0.05, 0) is 24.3 Å². The van der Waals surface area contributed by atoms with Crippen LogP contribution in [0.1, 0.15) is 10.4 Å². The molecule has 0 saturated carbocycles. The maximum atomic E-state index is 13.5. The highest BCUT2D eigenvalue weighted by Gasteiger charge is 2.20. The molecule has 0 saturated heterocycles. The number of carbonyl (C=O) groups excluding carboxylic acids is 1. The molecule has 8 heteroatoms. The van der Waals surface area contributed by atoms with Crippen molar-refractivity contribution in [2.24, 2.45) is 0 Å². The van der Waals surface area contributed by atoms with Crippen molar-refractivity contribution < 1.29 is 18.0 Å². The van der Waals surface area contributed by atoms with Crippen molar-refractivity contribution in [3.05, 3.63) is 62.3 Å². The summed E-state index contributed by atoms with van der Waals surface area (Å²) in [7, 11) is 0. The van der Waals surface area contributed by atoms with Crippen molar-refractivity contribution >= 4 is 46.4 Å². The van der Waals surface area contributed by atoms with Gasteiger partial charge >= 0.3 is 0 Å². The van der Waals surface area contributed by atoms with Crippen LogP contribution in [0.3, 0.4) is 0 Å². The highest BCUT2D eigenvalue weighted by atomic mass is 35.5. The molecule has 0 radical (unpaired) electrons. The van der Waals surface area contributed by atoms with E-state index in [1.54, 1.807) is 0 Å². The Bertz CT molecular complexity index is 714. The van der Waals surface area contributed by atoms with E-state index in [1.165, 1.54) is 12.1 Å². The number of hydrogen-bond donors (Lipinski definition) is 1. The topological polar surface area (TPSA) is 29.1 Å². The molecule has 0 aromatic heterocycles. The first kappa shape index (κ1) is 15.9. The van der Waals surface area contributed by atoms with Gasteiger partial charge in [-0.1, -0.05) is 34.8 Å². The van der Waals surface area contributed by atoms with Gasteiger partial charge in [-0.3, -0.25) is 4.79 Å². The molecule has 2 nitrogen and oxygen atoms in total. The SMILES string of the molecule is O=C(Nc1c(Cl)cc(Cl)cc1Cl)c1ccc(F)c(F)c1F. The first-order valence-electron chi connectivity index (χ1n) is 5.40. The summed E-state index contributed by atoms with van der Waals surface area (Å²) in [5.74, 6) is -5.77. The Labute approximate surface area is 132 Å². The van der Waals surface area contributed by atoms with Gasteiger partial charge in [0.2, 0.25) is 0 Å². The van der Waals surface area contributed by atoms with E-state index in [0.29, 0.717) is 6.07 Å². The van der Waals surface area contributed by atoms with Crippen molar-refractivity contribution in [3.8, 4) is 0 Å². The molecule has 1 amide bonds. The number of carbonyl (C=O) groups is 1. The Kier molecular flexibility index (Phi) is 4.66. The Hall–Kier alpha value is -1.43. The van der Waals surface area contributed by atoms with Crippen LogP contribution >= 0.6 is 34.8 Å². The lowest BCUT2D eigenvalue weighted by Crippen LogP contribution is -2.15. The summed E-state index contributed by atoms with van der Waals surface area (Å²) >= 11 is 17.4. The van der Waals surface area contributed by atoms with Crippen molar-refractivity contribution in [1.82, 2.24) is 0 Å². The van der Waals surface area contributed by atoms with Crippen LogP contribution in [0.2, 0.25) is 15.1 Å². The molecule has 0 fully saturated rings. The predicted molar refractivity (Wildman–Crippen MR) is 75.7 cm³/mol. The third-order valence-electron chi connectivity index (χ3n) is 2.53. The fourth-order valence-electron chi connectivity index (χ4n) is 1.54. The maximum Gasteiger partial charge on any atom is 0.258 e. The summed E-state index contributed by atoms with van der Waals surface area (Å²) in [6.07, 6.45) is 0. The van der Waals surface area contributed by atoms with Crippen LogP contribution in [0, 0.1) is 17.5 Å². The van der Waals surface area contributed by atoms with Gasteiger partial charge < -0.3 is 5.32 Å². The summed E-state index contributed by atoms with van der Waals surface area (Å²) in [4.78, 5) is 11.9. The molecule has 0 unspecified atom stereocenters. The minimum atomic E-state index is -1.74. The van der Waals surface area contributed by atoms with Crippen molar-refractivity contribution in [2.75, 3.05) is 5.32 Å². The van der Waals surface area contributed by atoms with Gasteiger partial charge in [0.1, 0.15) is 0 Å². The summed E-state index contributed by atoms with van der Waals surface area (Å²) in [6, 6.07) is 4.07. The molecule has 0 spiro atoms. The standard InChI is InChI=1S/C13H5Cl3F3NO/c14-5-3-7(15)12(8(16)4-5)20-13(21)6-1-2-9(17)11(19)10(6)18/h1-4H,(H,20,21). The lowest BCUT2D eigenvalue weighted by Gasteiger charge is -2.10. The summed E-state index contributed by atoms with van der Waals surface area (Å²) in [5.41, 5.74) is -0.701. The van der Waals surface area contributed by atoms with Gasteiger partial charge in [-0.25, -0.2) is 13.2 Å². The number of rotatable bonds is 2. The van der Waals surface area contributed by atoms with Gasteiger partial charge in [0.25, 0.3) is 5.91 Å². The van der Waals surface area contributed by atoms with E-state index in [9.17, 15) is 18.0 Å². The molecule has 2 aromatic rings. The number of amides is 1. The Balaban J connectivity index is 2.38. The molecule has 21 heavy (non-hydrogen) atoms. The lowest BCUT2D eigenvalue weighted by molar-refractivity contribution is 0.102. The van der Waals surface area contributed by atoms with Crippen molar-refractivity contribution in [2.45, 2.75) is 0 Å². The van der Waals surface area contributed by atoms with Crippen LogP contribution in [0.5, 0.6) is 0 Å². The monoisotopic (exact) mass is 353 g/mol. The van der Waals surface area contributed by atoms with Gasteiger partial charge in [0.15, 0.2) is 17.5 Å². The zero-order chi connectivity index (χ0) is 15.7. The van der Waals surface area contributed by atoms with Gasteiger partial charge in [-0.2, -0.15) is 0 Å². The fraction of sp³-hybridized carbons (Fsp3) is 0. The minimum Gasteiger partial charge on any atom is -0.319 e. The van der Waals surface area contributed by atoms with E-state index in [1.807, 2.05) is 0 Å². The summed E-state index contributed by atoms with van der Waals surface area (Å²) in [6.45, 7) is 0. The molecular formula is C13H5Cl3F3NO. The molecule has 0 aliphatic rings. The molecule has 1 N–H and O–H groups in total. The lowest BCUT2D eigenvalue weighted by atomic mass is 10.1. The number of halogens is 6. The molecule has 2 rings (SSSR count). The van der Waals surface area contributed by atoms with E-state index < -0.39 is 28.9 Å². The molecule has 0 aliphatic carbocycles. The van der Waals surface area contributed by atoms with Crippen LogP contribution in [-0.2, 0) is 0 Å². The van der Waals surface area contributed by atoms with Crippen LogP contribution in [0.15, 0.2) is 24.3 Å². The van der Waals surface area contributed by atoms with E-state index in [-0.39, 0.29) is 20.8 Å². The van der Waals surface area contributed by atoms with Crippen LogP contribution < -0.4 is 5.32 Å². The smallest absolute Gasteiger partial charge is 0.258 e. The predicted octanol–water partition coefficient (Wildman–Crippen LogP) is 5.32. The largest absolute Gasteiger partial charge is 0.319 e. The maximum absolute atomic E-state index is 13.5. The summed E-state index contributed by atoms with van der Waals surface area (Å²) < 4.78 is 39.4. The van der Waals surface area contributed by atoms with E-state index in [2.05, 4.69) is 5.32 Å². The average molecular weight is 355 g/mol. The first-order valence-corrected chi connectivity index (χ1v) is 6.54. The van der Waals surface area contributed by atoms with Crippen LogP contribution in [-0.4, -0.2) is 5.91 Å². The van der Waals surface area contributed by atoms with Crippen LogP contribution in [0.4, 0.5) is 18.9 Å². The zero-order valence-corrected chi connectivity index (χ0v) is 12.3. The molecule has 0 heterocycles. The summed E-state index contributed by atoms with van der Waals surface area (Å²) in [5, 5.41) is 2.49. The third kappa shape index (κ3) is 3.26. The molecule has 110 valence electrons. The second kappa shape index (κ2) is 6.13. The highest BCUT2D eigenvalue weighted by molar-refractivity contribution is 6.42. The molecule has 2 aromatic carbocycles. The average Bonchev–Trinajstić information content (AvgIpc) is 2.40. The van der Waals surface area contributed by atoms with E-state index in [0.717, 1.165) is 6.07 Å². The highest BCUT2D eigenvalue weighted by Crippen LogP contribution is 2.34. The van der Waals surface area contributed by atoms with Crippen molar-refractivity contribution in [3.63, 3.8) is 0 Å². The number of hydrogen-bond acceptors (Lipinski definition) is 1. The fourth-order valence-corrected chi connectivity index (χ4v) is 2.46. The zero-order valence-electron chi connectivity index (χ0n) is 9.99. The number of anilines is 1. The van der Waals surface area contributed by atoms with E-state index in [4.69, 9.17) is 34.8 Å². The molecule has 0 aliphatic heterocycles. The van der Waals surface area contributed by atoms with Gasteiger partial charge in [-0.15, -0.1) is 0 Å². The van der Waals surface area contributed by atoms with Crippen LogP contribution in [0.25, 0.3) is 0 Å². The Morgan fingerprint density at radius 3 is 2.10 bits per heavy atom. The number of benzene rings is 2. The molecule has 0 atom stereocenters. The molecular weight excluding hydrogens is 350 g/mol. The second-order valence-corrected chi connectivity index (χ2v) is 5.17. The van der Waals surface area contributed by atoms with Crippen molar-refractivity contribution in [1.29, 1.82) is 0 Å². The van der Waals surface area contributed by atoms with E-state index >= 15 is 0 Å². The first-order chi connectivity index (χ1) is 9.81. The van der Waals surface area contributed by atoms with Gasteiger partial charge in [0, 0.05) is 5.02 Å². The molecule has 0 bridgehead atoms. The van der Waals surface area contributed by atoms with Gasteiger partial charge in [0.05, 0.1) is 21.3 Å². The minimum absolute atomic E-state index is 0.0168. The Morgan fingerprint density at radius 1 is 0.952 bits per heavy atom.